The van der Waals surface area contributed by atoms with Gasteiger partial charge in [0.1, 0.15) is 17.5 Å². The molecule has 1 aromatic carbocycles. The highest BCUT2D eigenvalue weighted by Crippen LogP contribution is 2.36. The number of methoxy groups -OCH3 is 3. The molecule has 9 heteroatoms. The summed E-state index contributed by atoms with van der Waals surface area (Å²) in [6.45, 7) is 0.701. The number of aromatic nitrogens is 2. The standard InChI is InChI=1S/C19H24N4O5/c1-26-13-8-12(9-14(10-13)27-2)18-17-15(21-11-22-17)5-7-23(18)19(25)20-6-4-16(24)28-3/h8-11,18H,4-7H2,1-3H3,(H,20,25)(H,21,22). The third-order valence-electron chi connectivity index (χ3n) is 4.71. The van der Waals surface area contributed by atoms with Gasteiger partial charge < -0.3 is 29.4 Å². The molecule has 1 unspecified atom stereocenters. The topological polar surface area (TPSA) is 106 Å². The van der Waals surface area contributed by atoms with Gasteiger partial charge in [-0.3, -0.25) is 4.79 Å². The van der Waals surface area contributed by atoms with Crippen molar-refractivity contribution in [2.45, 2.75) is 18.9 Å². The first kappa shape index (κ1) is 19.5. The number of carbonyl (C=O) groups excluding carboxylic acids is 2. The van der Waals surface area contributed by atoms with Gasteiger partial charge >= 0.3 is 12.0 Å². The summed E-state index contributed by atoms with van der Waals surface area (Å²) in [6.07, 6.45) is 2.41. The first-order chi connectivity index (χ1) is 13.6. The molecule has 1 aromatic heterocycles. The quantitative estimate of drug-likeness (QED) is 0.729. The van der Waals surface area contributed by atoms with E-state index in [1.54, 1.807) is 31.5 Å². The monoisotopic (exact) mass is 388 g/mol. The van der Waals surface area contributed by atoms with Crippen LogP contribution in [0, 0.1) is 0 Å². The molecule has 9 nitrogen and oxygen atoms in total. The summed E-state index contributed by atoms with van der Waals surface area (Å²) in [5.74, 6) is 0.883. The van der Waals surface area contributed by atoms with Gasteiger partial charge in [-0.15, -0.1) is 0 Å². The van der Waals surface area contributed by atoms with Crippen molar-refractivity contribution in [3.8, 4) is 11.5 Å². The average molecular weight is 388 g/mol. The number of aromatic amines is 1. The van der Waals surface area contributed by atoms with Gasteiger partial charge in [-0.2, -0.15) is 0 Å². The summed E-state index contributed by atoms with van der Waals surface area (Å²) < 4.78 is 15.4. The zero-order valence-electron chi connectivity index (χ0n) is 16.2. The molecule has 150 valence electrons. The Morgan fingerprint density at radius 3 is 2.57 bits per heavy atom. The van der Waals surface area contributed by atoms with E-state index in [0.717, 1.165) is 17.0 Å². The van der Waals surface area contributed by atoms with Crippen molar-refractivity contribution < 1.29 is 23.8 Å². The van der Waals surface area contributed by atoms with Crippen molar-refractivity contribution in [1.29, 1.82) is 0 Å². The molecular formula is C19H24N4O5. The number of H-pyrrole nitrogens is 1. The molecule has 2 aromatic rings. The zero-order chi connectivity index (χ0) is 20.1. The number of ether oxygens (including phenoxy) is 3. The number of imidazole rings is 1. The number of urea groups is 1. The van der Waals surface area contributed by atoms with Gasteiger partial charge in [0.2, 0.25) is 0 Å². The van der Waals surface area contributed by atoms with Crippen LogP contribution in [0.25, 0.3) is 0 Å². The molecule has 2 amide bonds. The van der Waals surface area contributed by atoms with Crippen LogP contribution in [0.15, 0.2) is 24.5 Å². The van der Waals surface area contributed by atoms with Gasteiger partial charge in [0.15, 0.2) is 0 Å². The number of benzene rings is 1. The Kier molecular flexibility index (Phi) is 6.03. The summed E-state index contributed by atoms with van der Waals surface area (Å²) in [6, 6.07) is 4.83. The Morgan fingerprint density at radius 2 is 1.93 bits per heavy atom. The number of nitrogens with one attached hydrogen (secondary N) is 2. The predicted molar refractivity (Wildman–Crippen MR) is 100 cm³/mol. The van der Waals surface area contributed by atoms with Gasteiger partial charge in [0.25, 0.3) is 0 Å². The number of fused-ring (bicyclic) bond motifs is 1. The van der Waals surface area contributed by atoms with Crippen molar-refractivity contribution in [2.24, 2.45) is 0 Å². The van der Waals surface area contributed by atoms with Crippen LogP contribution < -0.4 is 14.8 Å². The Bertz CT molecular complexity index is 828. The van der Waals surface area contributed by atoms with Gasteiger partial charge in [-0.25, -0.2) is 9.78 Å². The molecule has 1 aliphatic heterocycles. The fourth-order valence-electron chi connectivity index (χ4n) is 3.30. The van der Waals surface area contributed by atoms with E-state index < -0.39 is 6.04 Å². The molecule has 1 aliphatic rings. The Balaban J connectivity index is 1.90. The molecule has 0 saturated carbocycles. The van der Waals surface area contributed by atoms with Gasteiger partial charge in [-0.1, -0.05) is 0 Å². The summed E-state index contributed by atoms with van der Waals surface area (Å²) >= 11 is 0. The maximum absolute atomic E-state index is 12.9. The second-order valence-electron chi connectivity index (χ2n) is 6.32. The summed E-state index contributed by atoms with van der Waals surface area (Å²) in [5.41, 5.74) is 2.60. The van der Waals surface area contributed by atoms with Crippen LogP contribution in [0.2, 0.25) is 0 Å². The molecule has 0 bridgehead atoms. The van der Waals surface area contributed by atoms with Gasteiger partial charge in [0, 0.05) is 31.3 Å². The molecular weight excluding hydrogens is 364 g/mol. The number of hydrogen-bond acceptors (Lipinski definition) is 6. The van der Waals surface area contributed by atoms with Gasteiger partial charge in [-0.05, 0) is 17.7 Å². The lowest BCUT2D eigenvalue weighted by Crippen LogP contribution is -2.46. The van der Waals surface area contributed by atoms with Crippen molar-refractivity contribution in [3.63, 3.8) is 0 Å². The van der Waals surface area contributed by atoms with Crippen LogP contribution in [0.5, 0.6) is 11.5 Å². The lowest BCUT2D eigenvalue weighted by atomic mass is 9.95. The molecule has 0 spiro atoms. The Hall–Kier alpha value is -3.23. The van der Waals surface area contributed by atoms with Gasteiger partial charge in [0.05, 0.1) is 39.8 Å². The highest BCUT2D eigenvalue weighted by Gasteiger charge is 2.34. The summed E-state index contributed by atoms with van der Waals surface area (Å²) in [4.78, 5) is 33.4. The molecule has 0 radical (unpaired) electrons. The van der Waals surface area contributed by atoms with E-state index in [1.807, 2.05) is 12.1 Å². The molecule has 28 heavy (non-hydrogen) atoms. The lowest BCUT2D eigenvalue weighted by Gasteiger charge is -2.35. The van der Waals surface area contributed by atoms with Crippen molar-refractivity contribution in [1.82, 2.24) is 20.2 Å². The Morgan fingerprint density at radius 1 is 1.21 bits per heavy atom. The van der Waals surface area contributed by atoms with E-state index in [1.165, 1.54) is 7.11 Å². The minimum atomic E-state index is -0.405. The number of amides is 2. The molecule has 1 atom stereocenters. The highest BCUT2D eigenvalue weighted by molar-refractivity contribution is 5.77. The Labute approximate surface area is 163 Å². The van der Waals surface area contributed by atoms with Crippen molar-refractivity contribution in [3.05, 3.63) is 41.5 Å². The second-order valence-corrected chi connectivity index (χ2v) is 6.32. The van der Waals surface area contributed by atoms with Crippen molar-refractivity contribution >= 4 is 12.0 Å². The fraction of sp³-hybridized carbons (Fsp3) is 0.421. The molecule has 0 fully saturated rings. The molecule has 2 N–H and O–H groups in total. The van der Waals surface area contributed by atoms with Crippen LogP contribution in [0.1, 0.15) is 29.4 Å². The maximum Gasteiger partial charge on any atom is 0.318 e. The molecule has 3 rings (SSSR count). The van der Waals surface area contributed by atoms with E-state index in [0.29, 0.717) is 24.5 Å². The first-order valence-corrected chi connectivity index (χ1v) is 8.93. The third-order valence-corrected chi connectivity index (χ3v) is 4.71. The zero-order valence-corrected chi connectivity index (χ0v) is 16.2. The van der Waals surface area contributed by atoms with Crippen LogP contribution >= 0.6 is 0 Å². The normalized spacial score (nSPS) is 15.5. The minimum absolute atomic E-state index is 0.112. The minimum Gasteiger partial charge on any atom is -0.497 e. The van der Waals surface area contributed by atoms with E-state index >= 15 is 0 Å². The SMILES string of the molecule is COC(=O)CCNC(=O)N1CCc2[nH]cnc2C1c1cc(OC)cc(OC)c1. The van der Waals surface area contributed by atoms with Crippen molar-refractivity contribution in [2.75, 3.05) is 34.4 Å². The number of esters is 1. The number of rotatable bonds is 6. The second kappa shape index (κ2) is 8.64. The average Bonchev–Trinajstić information content (AvgIpc) is 3.20. The number of nitrogens with zero attached hydrogens (tertiary/aromatic N) is 2. The molecule has 2 heterocycles. The summed E-state index contributed by atoms with van der Waals surface area (Å²) in [5, 5.41) is 2.78. The van der Waals surface area contributed by atoms with E-state index in [9.17, 15) is 9.59 Å². The largest absolute Gasteiger partial charge is 0.497 e. The molecule has 0 saturated heterocycles. The molecule has 0 aliphatic carbocycles. The number of hydrogen-bond donors (Lipinski definition) is 2. The van der Waals surface area contributed by atoms with Crippen LogP contribution in [0.4, 0.5) is 4.79 Å². The number of carbonyl (C=O) groups is 2. The maximum atomic E-state index is 12.9. The van der Waals surface area contributed by atoms with Crippen LogP contribution in [-0.4, -0.2) is 61.3 Å². The van der Waals surface area contributed by atoms with E-state index in [2.05, 4.69) is 20.0 Å². The third kappa shape index (κ3) is 4.03. The van der Waals surface area contributed by atoms with Crippen LogP contribution in [-0.2, 0) is 16.0 Å². The smallest absolute Gasteiger partial charge is 0.318 e. The predicted octanol–water partition coefficient (Wildman–Crippen LogP) is 1.65. The lowest BCUT2D eigenvalue weighted by molar-refractivity contribution is -0.140. The first-order valence-electron chi connectivity index (χ1n) is 8.93. The van der Waals surface area contributed by atoms with E-state index in [4.69, 9.17) is 9.47 Å². The van der Waals surface area contributed by atoms with E-state index in [-0.39, 0.29) is 25.0 Å². The van der Waals surface area contributed by atoms with Crippen LogP contribution in [0.3, 0.4) is 0 Å². The summed E-state index contributed by atoms with van der Waals surface area (Å²) in [7, 11) is 4.48. The highest BCUT2D eigenvalue weighted by atomic mass is 16.5. The fourth-order valence-corrected chi connectivity index (χ4v) is 3.30.